The van der Waals surface area contributed by atoms with Crippen LogP contribution in [0.3, 0.4) is 0 Å². The molecule has 3 N–H and O–H groups in total. The summed E-state index contributed by atoms with van der Waals surface area (Å²) in [6, 6.07) is 12.7. The third-order valence-electron chi connectivity index (χ3n) is 11.8. The second-order valence-corrected chi connectivity index (χ2v) is 17.6. The first-order chi connectivity index (χ1) is 33.4. The molecule has 2 aromatic carbocycles. The predicted molar refractivity (Wildman–Crippen MR) is 250 cm³/mol. The minimum atomic E-state index is -4.76. The fourth-order valence-corrected chi connectivity index (χ4v) is 9.10. The van der Waals surface area contributed by atoms with E-state index < -0.39 is 18.4 Å². The highest BCUT2D eigenvalue weighted by Gasteiger charge is 2.40. The minimum absolute atomic E-state index is 0.0700. The van der Waals surface area contributed by atoms with Gasteiger partial charge in [0, 0.05) is 41.0 Å². The molecule has 3 atom stereocenters. The Hall–Kier alpha value is -6.00. The molecule has 0 bridgehead atoms. The molecule has 0 unspecified atom stereocenters. The van der Waals surface area contributed by atoms with E-state index in [2.05, 4.69) is 35.8 Å². The molecule has 0 spiro atoms. The number of halogens is 3. The molecule has 21 heteroatoms. The highest BCUT2D eigenvalue weighted by atomic mass is 32.1. The summed E-state index contributed by atoms with van der Waals surface area (Å²) in [5.41, 5.74) is 2.63. The Morgan fingerprint density at radius 1 is 0.870 bits per heavy atom. The predicted octanol–water partition coefficient (Wildman–Crippen LogP) is 7.14. The third-order valence-corrected chi connectivity index (χ3v) is 12.8. The van der Waals surface area contributed by atoms with E-state index in [0.717, 1.165) is 50.5 Å². The second-order valence-electron chi connectivity index (χ2n) is 16.7. The lowest BCUT2D eigenvalue weighted by atomic mass is 9.83. The molecular formula is C48H58F3N9O8S. The molecule has 4 heterocycles. The van der Waals surface area contributed by atoms with E-state index in [4.69, 9.17) is 23.9 Å². The van der Waals surface area contributed by atoms with Crippen LogP contribution in [0.4, 0.5) is 24.7 Å². The summed E-state index contributed by atoms with van der Waals surface area (Å²) < 4.78 is 65.9. The van der Waals surface area contributed by atoms with Gasteiger partial charge in [0.05, 0.1) is 70.2 Å². The Bertz CT molecular complexity index is 2430. The van der Waals surface area contributed by atoms with Gasteiger partial charge in [0.15, 0.2) is 0 Å². The van der Waals surface area contributed by atoms with Crippen molar-refractivity contribution in [2.45, 2.75) is 82.9 Å². The number of nitrogens with one attached hydrogen (secondary N) is 3. The molecule has 1 aliphatic carbocycles. The Kier molecular flexibility index (Phi) is 18.5. The molecule has 17 nitrogen and oxygen atoms in total. The van der Waals surface area contributed by atoms with Gasteiger partial charge in [-0.25, -0.2) is 15.0 Å². The normalized spacial score (nSPS) is 16.2. The molecule has 5 aromatic rings. The monoisotopic (exact) mass is 977 g/mol. The van der Waals surface area contributed by atoms with Crippen LogP contribution in [0.1, 0.15) is 79.0 Å². The summed E-state index contributed by atoms with van der Waals surface area (Å²) >= 11 is 1.38. The number of nitrogens with zero attached hydrogens (tertiary/aromatic N) is 6. The zero-order valence-electron chi connectivity index (χ0n) is 38.6. The molecule has 2 amide bonds. The standard InChI is InChI=1S/C48H58F3N9O8S/c1-32(52-2)45(62)58-43(33-8-4-3-5-9-33)47(63)60-17-7-12-41(60)46-57-40(30-69-46)44(61)34-10-6-11-38(26-34)67-25-24-66-23-22-65-21-20-64-19-18-59-29-35(28-55-59)39-27-42(54-31-53-39)56-36-13-15-37(16-14-36)68-48(49,50)51/h6,10-11,13-16,26-33,41,43,52H,3-5,7-9,12,17-25H2,1-2H3,(H,58,62)(H,53,54,56)/t32-,41-,43-/m0/s1. The van der Waals surface area contributed by atoms with Gasteiger partial charge in [0.1, 0.15) is 47.0 Å². The number of ether oxygens (including phenoxy) is 5. The summed E-state index contributed by atoms with van der Waals surface area (Å²) in [5, 5.41) is 15.9. The van der Waals surface area contributed by atoms with Gasteiger partial charge in [0.2, 0.25) is 17.6 Å². The van der Waals surface area contributed by atoms with Crippen LogP contribution in [0.5, 0.6) is 11.5 Å². The number of benzene rings is 2. The summed E-state index contributed by atoms with van der Waals surface area (Å²) in [5.74, 6) is 0.254. The molecule has 1 aliphatic heterocycles. The molecule has 2 fully saturated rings. The first-order valence-electron chi connectivity index (χ1n) is 23.2. The van der Waals surface area contributed by atoms with Crippen LogP contribution in [0.2, 0.25) is 0 Å². The van der Waals surface area contributed by atoms with Crippen molar-refractivity contribution in [1.29, 1.82) is 0 Å². The van der Waals surface area contributed by atoms with E-state index in [9.17, 15) is 27.6 Å². The van der Waals surface area contributed by atoms with Gasteiger partial charge in [-0.15, -0.1) is 24.5 Å². The topological polar surface area (TPSA) is 193 Å². The van der Waals surface area contributed by atoms with Gasteiger partial charge in [0.25, 0.3) is 0 Å². The summed E-state index contributed by atoms with van der Waals surface area (Å²) in [4.78, 5) is 55.8. The largest absolute Gasteiger partial charge is 0.573 e. The van der Waals surface area contributed by atoms with Crippen molar-refractivity contribution >= 4 is 40.4 Å². The Balaban J connectivity index is 0.764. The van der Waals surface area contributed by atoms with Crippen molar-refractivity contribution in [3.8, 4) is 22.8 Å². The van der Waals surface area contributed by atoms with Crippen molar-refractivity contribution in [3.05, 3.63) is 95.0 Å². The van der Waals surface area contributed by atoms with Crippen molar-refractivity contribution in [1.82, 2.24) is 40.3 Å². The molecule has 0 radical (unpaired) electrons. The SMILES string of the molecule is CN[C@@H](C)C(=O)N[C@H](C(=O)N1CCC[C@H]1c1nc(C(=O)c2cccc(OCCOCCOCCOCCn3cc(-c4cc(Nc5ccc(OC(F)(F)F)cc5)ncn4)cn3)c2)cs1)C1CCCCC1. The Labute approximate surface area is 402 Å². The fraction of sp³-hybridized carbons (Fsp3) is 0.479. The number of ketones is 1. The summed E-state index contributed by atoms with van der Waals surface area (Å²) in [6.07, 6.45) is 6.71. The number of carbonyl (C=O) groups excluding carboxylic acids is 3. The highest BCUT2D eigenvalue weighted by molar-refractivity contribution is 7.10. The molecule has 1 saturated heterocycles. The van der Waals surface area contributed by atoms with Gasteiger partial charge in [-0.3, -0.25) is 19.1 Å². The van der Waals surface area contributed by atoms with Gasteiger partial charge in [-0.05, 0) is 82.0 Å². The van der Waals surface area contributed by atoms with E-state index >= 15 is 0 Å². The van der Waals surface area contributed by atoms with Crippen LogP contribution < -0.4 is 25.4 Å². The number of thiazole rings is 1. The van der Waals surface area contributed by atoms with Gasteiger partial charge < -0.3 is 44.5 Å². The average molecular weight is 978 g/mol. The number of aromatic nitrogens is 5. The number of alkyl halides is 3. The number of amides is 2. The van der Waals surface area contributed by atoms with Gasteiger partial charge in [-0.2, -0.15) is 5.10 Å². The lowest BCUT2D eigenvalue weighted by Gasteiger charge is -2.35. The van der Waals surface area contributed by atoms with E-state index in [1.807, 2.05) is 11.1 Å². The zero-order valence-corrected chi connectivity index (χ0v) is 39.4. The van der Waals surface area contributed by atoms with Gasteiger partial charge >= 0.3 is 6.36 Å². The van der Waals surface area contributed by atoms with Crippen LogP contribution in [0.25, 0.3) is 11.3 Å². The number of carbonyl (C=O) groups is 3. The van der Waals surface area contributed by atoms with E-state index in [1.165, 1.54) is 41.9 Å². The molecule has 2 aliphatic rings. The second kappa shape index (κ2) is 25.0. The Morgan fingerprint density at radius 3 is 2.35 bits per heavy atom. The quantitative estimate of drug-likeness (QED) is 0.0395. The number of rotatable bonds is 25. The maximum atomic E-state index is 14.2. The van der Waals surface area contributed by atoms with Crippen LogP contribution in [-0.4, -0.2) is 126 Å². The molecule has 69 heavy (non-hydrogen) atoms. The lowest BCUT2D eigenvalue weighted by molar-refractivity contribution is -0.274. The molecule has 1 saturated carbocycles. The Morgan fingerprint density at radius 2 is 1.61 bits per heavy atom. The zero-order chi connectivity index (χ0) is 48.6. The van der Waals surface area contributed by atoms with Crippen LogP contribution in [0.15, 0.2) is 78.7 Å². The maximum Gasteiger partial charge on any atom is 0.573 e. The fourth-order valence-electron chi connectivity index (χ4n) is 8.15. The number of likely N-dealkylation sites (tertiary alicyclic amines) is 1. The smallest absolute Gasteiger partial charge is 0.491 e. The molecule has 3 aromatic heterocycles. The number of anilines is 2. The van der Waals surface area contributed by atoms with Crippen LogP contribution in [-0.2, 0) is 30.3 Å². The van der Waals surface area contributed by atoms with Crippen molar-refractivity contribution in [2.24, 2.45) is 5.92 Å². The first-order valence-corrected chi connectivity index (χ1v) is 24.0. The van der Waals surface area contributed by atoms with Crippen LogP contribution in [0, 0.1) is 5.92 Å². The average Bonchev–Trinajstić information content (AvgIpc) is 4.16. The number of hydrogen-bond donors (Lipinski definition) is 3. The molecule has 7 rings (SSSR count). The van der Waals surface area contributed by atoms with E-state index in [-0.39, 0.29) is 41.9 Å². The van der Waals surface area contributed by atoms with Crippen molar-refractivity contribution in [2.75, 3.05) is 65.2 Å². The molecule has 370 valence electrons. The minimum Gasteiger partial charge on any atom is -0.491 e. The van der Waals surface area contributed by atoms with E-state index in [0.29, 0.717) is 91.9 Å². The van der Waals surface area contributed by atoms with Crippen LogP contribution >= 0.6 is 11.3 Å². The van der Waals surface area contributed by atoms with Gasteiger partial charge in [-0.1, -0.05) is 31.4 Å². The van der Waals surface area contributed by atoms with Crippen molar-refractivity contribution < 1.29 is 51.2 Å². The molecular weight excluding hydrogens is 920 g/mol. The first kappa shape index (κ1) is 50.9. The number of likely N-dealkylation sites (N-methyl/N-ethyl adjacent to an activating group) is 1. The number of hydrogen-bond acceptors (Lipinski definition) is 15. The third kappa shape index (κ3) is 15.0. The summed E-state index contributed by atoms with van der Waals surface area (Å²) in [7, 11) is 1.73. The summed E-state index contributed by atoms with van der Waals surface area (Å²) in [6.45, 7) is 5.37. The van der Waals surface area contributed by atoms with E-state index in [1.54, 1.807) is 60.6 Å². The highest BCUT2D eigenvalue weighted by Crippen LogP contribution is 2.37. The maximum absolute atomic E-state index is 14.2. The lowest BCUT2D eigenvalue weighted by Crippen LogP contribution is -2.55. The van der Waals surface area contributed by atoms with Crippen molar-refractivity contribution in [3.63, 3.8) is 0 Å².